The third-order valence-corrected chi connectivity index (χ3v) is 6.57. The molecular formula is C24H16ClFINO3. The van der Waals surface area contributed by atoms with Crippen LogP contribution in [0.2, 0.25) is 5.02 Å². The van der Waals surface area contributed by atoms with Crippen molar-refractivity contribution >= 4 is 57.3 Å². The lowest BCUT2D eigenvalue weighted by atomic mass is 9.95. The summed E-state index contributed by atoms with van der Waals surface area (Å²) in [4.78, 5) is 27.5. The molecule has 1 N–H and O–H groups in total. The van der Waals surface area contributed by atoms with Gasteiger partial charge in [-0.2, -0.15) is 0 Å². The highest BCUT2D eigenvalue weighted by atomic mass is 127. The van der Waals surface area contributed by atoms with Gasteiger partial charge in [-0.1, -0.05) is 29.8 Å². The molecule has 1 heterocycles. The Morgan fingerprint density at radius 1 is 1.06 bits per heavy atom. The average Bonchev–Trinajstić information content (AvgIpc) is 3.01. The molecule has 7 heteroatoms. The molecule has 156 valence electrons. The van der Waals surface area contributed by atoms with E-state index < -0.39 is 23.5 Å². The van der Waals surface area contributed by atoms with Gasteiger partial charge < -0.3 is 5.11 Å². The highest BCUT2D eigenvalue weighted by molar-refractivity contribution is 14.1. The molecule has 0 spiro atoms. The standard InChI is InChI=1S/C24H16ClFINO3/c1-13-5-10-18(12-19(13)27)28-21(15-3-2-4-17(26)11-15)20(23(30)24(28)31)22(29)14-6-8-16(25)9-7-14/h2-12,21,29H,1H3/b22-20+. The number of nitrogens with zero attached hydrogens (tertiary/aromatic N) is 1. The lowest BCUT2D eigenvalue weighted by molar-refractivity contribution is -0.132. The smallest absolute Gasteiger partial charge is 0.300 e. The van der Waals surface area contributed by atoms with Gasteiger partial charge in [0.2, 0.25) is 0 Å². The maximum atomic E-state index is 14.1. The van der Waals surface area contributed by atoms with Gasteiger partial charge in [0.25, 0.3) is 11.7 Å². The molecule has 1 aliphatic rings. The van der Waals surface area contributed by atoms with E-state index in [0.717, 1.165) is 9.13 Å². The first-order chi connectivity index (χ1) is 14.8. The van der Waals surface area contributed by atoms with Crippen LogP contribution in [0.5, 0.6) is 0 Å². The third-order valence-electron chi connectivity index (χ3n) is 5.16. The predicted octanol–water partition coefficient (Wildman–Crippen LogP) is 6.02. The van der Waals surface area contributed by atoms with Crippen molar-refractivity contribution in [1.82, 2.24) is 0 Å². The summed E-state index contributed by atoms with van der Waals surface area (Å²) >= 11 is 8.08. The predicted molar refractivity (Wildman–Crippen MR) is 127 cm³/mol. The fourth-order valence-corrected chi connectivity index (χ4v) is 4.21. The highest BCUT2D eigenvalue weighted by Gasteiger charge is 2.47. The number of aliphatic hydroxyl groups is 1. The Morgan fingerprint density at radius 3 is 2.42 bits per heavy atom. The fourth-order valence-electron chi connectivity index (χ4n) is 3.59. The molecule has 0 radical (unpaired) electrons. The van der Waals surface area contributed by atoms with E-state index in [4.69, 9.17) is 11.6 Å². The van der Waals surface area contributed by atoms with Gasteiger partial charge in [0.15, 0.2) is 0 Å². The van der Waals surface area contributed by atoms with Crippen molar-refractivity contribution in [2.45, 2.75) is 13.0 Å². The fraction of sp³-hybridized carbons (Fsp3) is 0.0833. The molecule has 3 aromatic rings. The highest BCUT2D eigenvalue weighted by Crippen LogP contribution is 2.42. The van der Waals surface area contributed by atoms with Gasteiger partial charge >= 0.3 is 0 Å². The first-order valence-electron chi connectivity index (χ1n) is 9.36. The number of rotatable bonds is 3. The van der Waals surface area contributed by atoms with Gasteiger partial charge in [-0.05, 0) is 89.2 Å². The van der Waals surface area contributed by atoms with E-state index in [2.05, 4.69) is 22.6 Å². The number of Topliss-reactive ketones (excluding diaryl/α,β-unsaturated/α-hetero) is 1. The summed E-state index contributed by atoms with van der Waals surface area (Å²) in [6.07, 6.45) is 0. The average molecular weight is 548 g/mol. The number of hydrogen-bond acceptors (Lipinski definition) is 3. The first kappa shape index (κ1) is 21.5. The quantitative estimate of drug-likeness (QED) is 0.189. The molecule has 1 unspecified atom stereocenters. The molecule has 1 saturated heterocycles. The summed E-state index contributed by atoms with van der Waals surface area (Å²) < 4.78 is 15.0. The van der Waals surface area contributed by atoms with Crippen LogP contribution in [0.25, 0.3) is 5.76 Å². The van der Waals surface area contributed by atoms with Crippen LogP contribution < -0.4 is 4.90 Å². The zero-order valence-electron chi connectivity index (χ0n) is 16.3. The van der Waals surface area contributed by atoms with Gasteiger partial charge in [-0.3, -0.25) is 14.5 Å². The number of aryl methyl sites for hydroxylation is 1. The number of ketones is 1. The second-order valence-corrected chi connectivity index (χ2v) is 8.76. The lowest BCUT2D eigenvalue weighted by Gasteiger charge is -2.26. The van der Waals surface area contributed by atoms with Crippen molar-refractivity contribution < 1.29 is 19.1 Å². The minimum atomic E-state index is -0.982. The minimum absolute atomic E-state index is 0.103. The molecule has 0 saturated carbocycles. The van der Waals surface area contributed by atoms with Crippen LogP contribution in [0.1, 0.15) is 22.7 Å². The van der Waals surface area contributed by atoms with Crippen molar-refractivity contribution in [2.24, 2.45) is 0 Å². The largest absolute Gasteiger partial charge is 0.507 e. The molecule has 1 atom stereocenters. The van der Waals surface area contributed by atoms with Crippen molar-refractivity contribution in [3.05, 3.63) is 103 Å². The molecule has 1 fully saturated rings. The molecule has 0 aromatic heterocycles. The van der Waals surface area contributed by atoms with Crippen molar-refractivity contribution in [2.75, 3.05) is 4.90 Å². The molecule has 31 heavy (non-hydrogen) atoms. The van der Waals surface area contributed by atoms with Crippen LogP contribution in [0, 0.1) is 16.3 Å². The number of halogens is 3. The van der Waals surface area contributed by atoms with Crippen LogP contribution in [0.3, 0.4) is 0 Å². The molecule has 4 rings (SSSR count). The van der Waals surface area contributed by atoms with E-state index in [1.807, 2.05) is 13.0 Å². The van der Waals surface area contributed by atoms with Gasteiger partial charge in [0.1, 0.15) is 11.6 Å². The SMILES string of the molecule is Cc1ccc(N2C(=O)C(=O)/C(=C(/O)c3ccc(Cl)cc3)C2c2cccc(F)c2)cc1I. The molecule has 3 aromatic carbocycles. The number of carbonyl (C=O) groups is 2. The monoisotopic (exact) mass is 547 g/mol. The number of amides is 1. The molecule has 4 nitrogen and oxygen atoms in total. The summed E-state index contributed by atoms with van der Waals surface area (Å²) in [6.45, 7) is 1.93. The van der Waals surface area contributed by atoms with E-state index in [1.165, 1.54) is 23.1 Å². The number of aliphatic hydroxyl groups excluding tert-OH is 1. The Morgan fingerprint density at radius 2 is 1.77 bits per heavy atom. The Bertz CT molecular complexity index is 1240. The second kappa shape index (κ2) is 8.43. The van der Waals surface area contributed by atoms with E-state index in [9.17, 15) is 19.1 Å². The van der Waals surface area contributed by atoms with E-state index in [1.54, 1.807) is 42.5 Å². The summed E-state index contributed by atoms with van der Waals surface area (Å²) in [5.41, 5.74) is 2.12. The van der Waals surface area contributed by atoms with Crippen LogP contribution >= 0.6 is 34.2 Å². The van der Waals surface area contributed by atoms with Gasteiger partial charge in [-0.15, -0.1) is 0 Å². The zero-order valence-corrected chi connectivity index (χ0v) is 19.2. The maximum Gasteiger partial charge on any atom is 0.300 e. The normalized spacial score (nSPS) is 17.9. The maximum absolute atomic E-state index is 14.1. The molecule has 0 bridgehead atoms. The Labute approximate surface area is 197 Å². The van der Waals surface area contributed by atoms with E-state index in [0.29, 0.717) is 21.8 Å². The summed E-state index contributed by atoms with van der Waals surface area (Å²) in [6, 6.07) is 16.3. The molecular weight excluding hydrogens is 532 g/mol. The van der Waals surface area contributed by atoms with Crippen molar-refractivity contribution in [3.63, 3.8) is 0 Å². The number of carbonyl (C=O) groups excluding carboxylic acids is 2. The Balaban J connectivity index is 1.96. The van der Waals surface area contributed by atoms with Gasteiger partial charge in [0, 0.05) is 19.8 Å². The Kier molecular flexibility index (Phi) is 5.85. The first-order valence-corrected chi connectivity index (χ1v) is 10.8. The second-order valence-electron chi connectivity index (χ2n) is 7.16. The van der Waals surface area contributed by atoms with Gasteiger partial charge in [-0.25, -0.2) is 4.39 Å². The van der Waals surface area contributed by atoms with Crippen LogP contribution in [0.4, 0.5) is 10.1 Å². The molecule has 1 aliphatic heterocycles. The minimum Gasteiger partial charge on any atom is -0.507 e. The zero-order chi connectivity index (χ0) is 22.3. The van der Waals surface area contributed by atoms with Crippen molar-refractivity contribution in [1.29, 1.82) is 0 Å². The van der Waals surface area contributed by atoms with Crippen LogP contribution in [-0.4, -0.2) is 16.8 Å². The third kappa shape index (κ3) is 3.97. The number of hydrogen-bond donors (Lipinski definition) is 1. The van der Waals surface area contributed by atoms with Crippen LogP contribution in [-0.2, 0) is 9.59 Å². The molecule has 1 amide bonds. The Hall–Kier alpha value is -2.71. The van der Waals surface area contributed by atoms with Gasteiger partial charge in [0.05, 0.1) is 11.6 Å². The lowest BCUT2D eigenvalue weighted by Crippen LogP contribution is -2.29. The summed E-state index contributed by atoms with van der Waals surface area (Å²) in [7, 11) is 0. The summed E-state index contributed by atoms with van der Waals surface area (Å²) in [5.74, 6) is -2.47. The van der Waals surface area contributed by atoms with E-state index in [-0.39, 0.29) is 11.3 Å². The van der Waals surface area contributed by atoms with Crippen LogP contribution in [0.15, 0.2) is 72.3 Å². The number of benzene rings is 3. The summed E-state index contributed by atoms with van der Waals surface area (Å²) in [5, 5.41) is 11.5. The molecule has 0 aliphatic carbocycles. The number of anilines is 1. The van der Waals surface area contributed by atoms with E-state index >= 15 is 0 Å². The van der Waals surface area contributed by atoms with Crippen molar-refractivity contribution in [3.8, 4) is 0 Å². The topological polar surface area (TPSA) is 57.6 Å².